The zero-order valence-corrected chi connectivity index (χ0v) is 8.99. The molecule has 0 fully saturated rings. The van der Waals surface area contributed by atoms with Gasteiger partial charge in [-0.05, 0) is 24.5 Å². The molecule has 0 radical (unpaired) electrons. The molecule has 0 amide bonds. The van der Waals surface area contributed by atoms with Crippen molar-refractivity contribution in [2.24, 2.45) is 5.92 Å². The molecule has 0 aliphatic carbocycles. The Kier molecular flexibility index (Phi) is 2.28. The van der Waals surface area contributed by atoms with Crippen LogP contribution in [0.2, 0.25) is 0 Å². The highest BCUT2D eigenvalue weighted by molar-refractivity contribution is 5.46. The van der Waals surface area contributed by atoms with Crippen LogP contribution in [0, 0.1) is 12.8 Å². The van der Waals surface area contributed by atoms with Gasteiger partial charge in [-0.25, -0.2) is 4.98 Å². The standard InChI is InChI=1S/C12H16N2/c1-9(2)6-12-13-7-11-5-4-10(3)8-14(11)12/h4-5,7-9H,6H2,1-3H3. The Labute approximate surface area is 84.6 Å². The minimum atomic E-state index is 0.654. The van der Waals surface area contributed by atoms with Crippen LogP contribution in [0.3, 0.4) is 0 Å². The van der Waals surface area contributed by atoms with E-state index in [2.05, 4.69) is 48.5 Å². The van der Waals surface area contributed by atoms with E-state index in [4.69, 9.17) is 0 Å². The van der Waals surface area contributed by atoms with Gasteiger partial charge in [-0.1, -0.05) is 19.9 Å². The summed E-state index contributed by atoms with van der Waals surface area (Å²) in [7, 11) is 0. The monoisotopic (exact) mass is 188 g/mol. The number of hydrogen-bond donors (Lipinski definition) is 0. The Morgan fingerprint density at radius 3 is 2.86 bits per heavy atom. The Morgan fingerprint density at radius 1 is 1.36 bits per heavy atom. The van der Waals surface area contributed by atoms with Crippen LogP contribution in [0.1, 0.15) is 25.2 Å². The van der Waals surface area contributed by atoms with Crippen LogP contribution in [0.4, 0.5) is 0 Å². The summed E-state index contributed by atoms with van der Waals surface area (Å²) in [6.45, 7) is 6.55. The number of fused-ring (bicyclic) bond motifs is 1. The second-order valence-electron chi connectivity index (χ2n) is 4.27. The van der Waals surface area contributed by atoms with Crippen LogP contribution < -0.4 is 0 Å². The molecule has 74 valence electrons. The molecule has 0 saturated heterocycles. The van der Waals surface area contributed by atoms with E-state index in [9.17, 15) is 0 Å². The molecule has 2 nitrogen and oxygen atoms in total. The number of aryl methyl sites for hydroxylation is 1. The lowest BCUT2D eigenvalue weighted by Gasteiger charge is -2.04. The van der Waals surface area contributed by atoms with E-state index in [0.717, 1.165) is 6.42 Å². The van der Waals surface area contributed by atoms with Crippen molar-refractivity contribution in [1.29, 1.82) is 0 Å². The Hall–Kier alpha value is -1.31. The molecule has 0 aliphatic rings. The van der Waals surface area contributed by atoms with Gasteiger partial charge in [0.2, 0.25) is 0 Å². The second-order valence-corrected chi connectivity index (χ2v) is 4.27. The summed E-state index contributed by atoms with van der Waals surface area (Å²) < 4.78 is 2.19. The minimum Gasteiger partial charge on any atom is -0.303 e. The van der Waals surface area contributed by atoms with Gasteiger partial charge in [-0.3, -0.25) is 0 Å². The van der Waals surface area contributed by atoms with Crippen molar-refractivity contribution in [3.05, 3.63) is 35.9 Å². The van der Waals surface area contributed by atoms with E-state index >= 15 is 0 Å². The van der Waals surface area contributed by atoms with Crippen LogP contribution >= 0.6 is 0 Å². The Balaban J connectivity index is 2.50. The fourth-order valence-corrected chi connectivity index (χ4v) is 1.67. The lowest BCUT2D eigenvalue weighted by atomic mass is 10.1. The molecule has 0 aromatic carbocycles. The lowest BCUT2D eigenvalue weighted by Crippen LogP contribution is -2.00. The summed E-state index contributed by atoms with van der Waals surface area (Å²) >= 11 is 0. The lowest BCUT2D eigenvalue weighted by molar-refractivity contribution is 0.619. The third-order valence-electron chi connectivity index (χ3n) is 2.34. The topological polar surface area (TPSA) is 17.3 Å². The number of aromatic nitrogens is 2. The van der Waals surface area contributed by atoms with Gasteiger partial charge in [0.25, 0.3) is 0 Å². The molecule has 0 N–H and O–H groups in total. The maximum absolute atomic E-state index is 4.44. The fourth-order valence-electron chi connectivity index (χ4n) is 1.67. The van der Waals surface area contributed by atoms with Crippen LogP contribution in [0.5, 0.6) is 0 Å². The van der Waals surface area contributed by atoms with Gasteiger partial charge in [0, 0.05) is 12.6 Å². The number of pyridine rings is 1. The molecule has 0 bridgehead atoms. The van der Waals surface area contributed by atoms with Gasteiger partial charge in [0.15, 0.2) is 0 Å². The van der Waals surface area contributed by atoms with E-state index in [1.807, 2.05) is 6.20 Å². The van der Waals surface area contributed by atoms with Crippen molar-refractivity contribution in [3.8, 4) is 0 Å². The number of hydrogen-bond acceptors (Lipinski definition) is 1. The summed E-state index contributed by atoms with van der Waals surface area (Å²) in [5.41, 5.74) is 2.46. The molecule has 0 aliphatic heterocycles. The Morgan fingerprint density at radius 2 is 2.14 bits per heavy atom. The van der Waals surface area contributed by atoms with Gasteiger partial charge < -0.3 is 4.40 Å². The summed E-state index contributed by atoms with van der Waals surface area (Å²) in [6, 6.07) is 4.24. The van der Waals surface area contributed by atoms with E-state index in [-0.39, 0.29) is 0 Å². The summed E-state index contributed by atoms with van der Waals surface area (Å²) in [4.78, 5) is 4.44. The van der Waals surface area contributed by atoms with Gasteiger partial charge in [0.05, 0.1) is 11.7 Å². The highest BCUT2D eigenvalue weighted by Crippen LogP contribution is 2.12. The minimum absolute atomic E-state index is 0.654. The first kappa shape index (κ1) is 9.25. The van der Waals surface area contributed by atoms with E-state index in [0.29, 0.717) is 5.92 Å². The molecule has 0 saturated carbocycles. The molecule has 2 aromatic heterocycles. The summed E-state index contributed by atoms with van der Waals surface area (Å²) in [5, 5.41) is 0. The van der Waals surface area contributed by atoms with E-state index < -0.39 is 0 Å². The molecule has 2 heterocycles. The van der Waals surface area contributed by atoms with E-state index in [1.165, 1.54) is 16.9 Å². The largest absolute Gasteiger partial charge is 0.303 e. The molecule has 2 heteroatoms. The molecule has 2 rings (SSSR count). The first-order valence-electron chi connectivity index (χ1n) is 5.09. The third-order valence-corrected chi connectivity index (χ3v) is 2.34. The number of imidazole rings is 1. The maximum atomic E-state index is 4.44. The van der Waals surface area contributed by atoms with Crippen molar-refractivity contribution < 1.29 is 0 Å². The highest BCUT2D eigenvalue weighted by Gasteiger charge is 2.05. The molecular formula is C12H16N2. The van der Waals surface area contributed by atoms with Crippen molar-refractivity contribution in [2.45, 2.75) is 27.2 Å². The number of nitrogens with zero attached hydrogens (tertiary/aromatic N) is 2. The van der Waals surface area contributed by atoms with Crippen molar-refractivity contribution in [2.75, 3.05) is 0 Å². The zero-order chi connectivity index (χ0) is 10.1. The van der Waals surface area contributed by atoms with Crippen LogP contribution in [0.15, 0.2) is 24.5 Å². The first-order chi connectivity index (χ1) is 6.66. The first-order valence-corrected chi connectivity index (χ1v) is 5.09. The van der Waals surface area contributed by atoms with Crippen molar-refractivity contribution in [3.63, 3.8) is 0 Å². The molecule has 0 spiro atoms. The second kappa shape index (κ2) is 3.45. The molecule has 0 unspecified atom stereocenters. The normalized spacial score (nSPS) is 11.4. The SMILES string of the molecule is Cc1ccc2cnc(CC(C)C)n2c1. The average molecular weight is 188 g/mol. The van der Waals surface area contributed by atoms with Crippen molar-refractivity contribution in [1.82, 2.24) is 9.38 Å². The van der Waals surface area contributed by atoms with Crippen LogP contribution in [0.25, 0.3) is 5.52 Å². The van der Waals surface area contributed by atoms with Gasteiger partial charge in [0.1, 0.15) is 5.82 Å². The Bertz CT molecular complexity index is 441. The van der Waals surface area contributed by atoms with Crippen molar-refractivity contribution >= 4 is 5.52 Å². The molecule has 0 atom stereocenters. The predicted molar refractivity (Wildman–Crippen MR) is 58.5 cm³/mol. The van der Waals surface area contributed by atoms with E-state index in [1.54, 1.807) is 0 Å². The van der Waals surface area contributed by atoms with Gasteiger partial charge in [-0.15, -0.1) is 0 Å². The summed E-state index contributed by atoms with van der Waals surface area (Å²) in [6.07, 6.45) is 5.13. The van der Waals surface area contributed by atoms with Gasteiger partial charge in [-0.2, -0.15) is 0 Å². The number of rotatable bonds is 2. The van der Waals surface area contributed by atoms with Crippen LogP contribution in [-0.2, 0) is 6.42 Å². The molecular weight excluding hydrogens is 172 g/mol. The van der Waals surface area contributed by atoms with Gasteiger partial charge >= 0.3 is 0 Å². The smallest absolute Gasteiger partial charge is 0.113 e. The molecule has 14 heavy (non-hydrogen) atoms. The molecule has 2 aromatic rings. The predicted octanol–water partition coefficient (Wildman–Crippen LogP) is 2.84. The summed E-state index contributed by atoms with van der Waals surface area (Å²) in [5.74, 6) is 1.82. The highest BCUT2D eigenvalue weighted by atomic mass is 15.0. The quantitative estimate of drug-likeness (QED) is 0.708. The zero-order valence-electron chi connectivity index (χ0n) is 8.99. The average Bonchev–Trinajstić information content (AvgIpc) is 2.47. The third kappa shape index (κ3) is 1.65. The maximum Gasteiger partial charge on any atom is 0.113 e. The van der Waals surface area contributed by atoms with Crippen LogP contribution in [-0.4, -0.2) is 9.38 Å². The fraction of sp³-hybridized carbons (Fsp3) is 0.417.